The van der Waals surface area contributed by atoms with Crippen molar-refractivity contribution in [2.24, 2.45) is 11.8 Å². The first-order chi connectivity index (χ1) is 21.6. The number of hydrogen-bond acceptors (Lipinski definition) is 7. The molecule has 1 unspecified atom stereocenters. The number of allylic oxidation sites excluding steroid dienone is 1. The van der Waals surface area contributed by atoms with Crippen molar-refractivity contribution >= 4 is 34.3 Å². The molecule has 4 atom stereocenters. The van der Waals surface area contributed by atoms with Crippen molar-refractivity contribution in [2.45, 2.75) is 63.1 Å². The highest BCUT2D eigenvalue weighted by Crippen LogP contribution is 2.47. The molecule has 0 bridgehead atoms. The Bertz CT molecular complexity index is 1730. The van der Waals surface area contributed by atoms with Crippen LogP contribution in [0.2, 0.25) is 0 Å². The van der Waals surface area contributed by atoms with Crippen LogP contribution < -0.4 is 10.6 Å². The van der Waals surface area contributed by atoms with Crippen molar-refractivity contribution in [3.63, 3.8) is 0 Å². The van der Waals surface area contributed by atoms with Gasteiger partial charge in [0.05, 0.1) is 11.6 Å². The van der Waals surface area contributed by atoms with E-state index < -0.39 is 11.6 Å². The molecule has 0 N–H and O–H groups in total. The molecule has 7 rings (SSSR count). The Balaban J connectivity index is 1.34. The van der Waals surface area contributed by atoms with Crippen molar-refractivity contribution in [1.82, 2.24) is 19.4 Å². The fraction of sp³-hybridized carbons (Fsp3) is 0.514. The van der Waals surface area contributed by atoms with Crippen LogP contribution in [0.3, 0.4) is 0 Å². The Morgan fingerprint density at radius 1 is 1.13 bits per heavy atom. The lowest BCUT2D eigenvalue weighted by atomic mass is 9.80. The minimum atomic E-state index is -0.623. The van der Waals surface area contributed by atoms with E-state index in [9.17, 15) is 14.0 Å². The second-order valence-corrected chi connectivity index (χ2v) is 14.5. The van der Waals surface area contributed by atoms with Crippen molar-refractivity contribution in [3.05, 3.63) is 64.6 Å². The van der Waals surface area contributed by atoms with Gasteiger partial charge >= 0.3 is 5.69 Å². The molecule has 4 aliphatic rings. The number of halogens is 2. The van der Waals surface area contributed by atoms with Crippen LogP contribution in [-0.2, 0) is 4.79 Å². The molecule has 2 saturated heterocycles. The maximum absolute atomic E-state index is 15.3. The molecule has 2 aromatic carbocycles. The van der Waals surface area contributed by atoms with Crippen LogP contribution in [0, 0.1) is 30.4 Å². The Labute approximate surface area is 267 Å². The van der Waals surface area contributed by atoms with Crippen LogP contribution in [-0.4, -0.2) is 82.2 Å². The Kier molecular flexibility index (Phi) is 8.11. The highest BCUT2D eigenvalue weighted by atomic mass is 32.2. The number of nitrogens with zero attached hydrogens (tertiary/aromatic N) is 5. The van der Waals surface area contributed by atoms with Crippen LogP contribution in [0.15, 0.2) is 46.6 Å². The molecule has 7 nitrogen and oxygen atoms in total. The van der Waals surface area contributed by atoms with Gasteiger partial charge < -0.3 is 4.90 Å². The summed E-state index contributed by atoms with van der Waals surface area (Å²) in [7, 11) is 0. The molecule has 3 aromatic rings. The van der Waals surface area contributed by atoms with Gasteiger partial charge in [-0.05, 0) is 68.9 Å². The monoisotopic (exact) mass is 633 g/mol. The molecule has 238 valence electrons. The summed E-state index contributed by atoms with van der Waals surface area (Å²) in [6.45, 7) is 15.2. The quantitative estimate of drug-likeness (QED) is 0.310. The third-order valence-corrected chi connectivity index (χ3v) is 11.6. The summed E-state index contributed by atoms with van der Waals surface area (Å²) in [5.41, 5.74) is 2.34. The summed E-state index contributed by atoms with van der Waals surface area (Å²) < 4.78 is 31.1. The Morgan fingerprint density at radius 3 is 2.58 bits per heavy atom. The third kappa shape index (κ3) is 5.52. The normalized spacial score (nSPS) is 25.9. The number of anilines is 1. The van der Waals surface area contributed by atoms with Crippen molar-refractivity contribution in [1.29, 1.82) is 0 Å². The lowest BCUT2D eigenvalue weighted by Gasteiger charge is -2.42. The molecular formula is C35H41F2N5O2S. The standard InChI is InChI=1S/C35H41F2N5O2S/c1-5-30(43)27-15-22(4)41(17-21(27)3)34-28-14-20(2)31(26-9-6-23(36)16-29(26)37)33-32(28)42(35(44)38-34)25(19-45-33)18-39-10-12-40(13-11-39)24-7-8-24/h5-6,9,14,16,21-22,24-25,27H,1,7-8,10-13,15,17-19H2,2-4H3/t21-,22+,25+,27?/m1/s1. The van der Waals surface area contributed by atoms with E-state index in [0.717, 1.165) is 66.2 Å². The largest absolute Gasteiger partial charge is 0.353 e. The van der Waals surface area contributed by atoms with Gasteiger partial charge in [-0.3, -0.25) is 19.2 Å². The lowest BCUT2D eigenvalue weighted by Crippen LogP contribution is -2.50. The van der Waals surface area contributed by atoms with Gasteiger partial charge in [0.15, 0.2) is 5.78 Å². The molecule has 3 fully saturated rings. The molecule has 1 saturated carbocycles. The number of carbonyl (C=O) groups excluding carboxylic acids is 1. The number of benzene rings is 2. The fourth-order valence-electron chi connectivity index (χ4n) is 7.84. The predicted octanol–water partition coefficient (Wildman–Crippen LogP) is 5.68. The SMILES string of the molecule is C=CC(=O)C1C[C@H](C)N(c2nc(=O)n3c4c(c(-c5ccc(F)cc5F)c(C)cc24)SC[C@@H]3CN2CCN(C3CC3)CC2)C[C@H]1C. The molecule has 4 heterocycles. The number of piperidine rings is 1. The zero-order valence-corrected chi connectivity index (χ0v) is 27.1. The van der Waals surface area contributed by atoms with Gasteiger partial charge in [-0.25, -0.2) is 13.6 Å². The Morgan fingerprint density at radius 2 is 1.89 bits per heavy atom. The zero-order chi connectivity index (χ0) is 31.6. The smallest absolute Gasteiger partial charge is 0.350 e. The number of ketones is 1. The number of thioether (sulfide) groups is 1. The molecule has 0 spiro atoms. The first kappa shape index (κ1) is 30.6. The van der Waals surface area contributed by atoms with Gasteiger partial charge in [-0.2, -0.15) is 4.98 Å². The topological polar surface area (TPSA) is 61.7 Å². The second kappa shape index (κ2) is 11.9. The van der Waals surface area contributed by atoms with E-state index in [0.29, 0.717) is 35.7 Å². The number of aromatic nitrogens is 2. The van der Waals surface area contributed by atoms with E-state index in [-0.39, 0.29) is 35.4 Å². The van der Waals surface area contributed by atoms with Crippen molar-refractivity contribution in [3.8, 4) is 11.1 Å². The average molecular weight is 634 g/mol. The highest BCUT2D eigenvalue weighted by molar-refractivity contribution is 7.99. The van der Waals surface area contributed by atoms with E-state index in [1.807, 2.05) is 17.6 Å². The fourth-order valence-corrected chi connectivity index (χ4v) is 9.21. The van der Waals surface area contributed by atoms with E-state index in [1.165, 1.54) is 31.1 Å². The minimum Gasteiger partial charge on any atom is -0.353 e. The molecule has 1 aromatic heterocycles. The maximum Gasteiger partial charge on any atom is 0.350 e. The molecule has 3 aliphatic heterocycles. The average Bonchev–Trinajstić information content (AvgIpc) is 3.87. The van der Waals surface area contributed by atoms with Crippen molar-refractivity contribution in [2.75, 3.05) is 49.9 Å². The predicted molar refractivity (Wildman–Crippen MR) is 176 cm³/mol. The Hall–Kier alpha value is -3.08. The van der Waals surface area contributed by atoms with Gasteiger partial charge in [0.25, 0.3) is 0 Å². The second-order valence-electron chi connectivity index (χ2n) is 13.5. The molecule has 0 radical (unpaired) electrons. The molecule has 1 aliphatic carbocycles. The van der Waals surface area contributed by atoms with Gasteiger partial charge in [0, 0.05) is 90.5 Å². The third-order valence-electron chi connectivity index (χ3n) is 10.4. The van der Waals surface area contributed by atoms with E-state index in [2.05, 4.69) is 35.1 Å². The zero-order valence-electron chi connectivity index (χ0n) is 26.3. The van der Waals surface area contributed by atoms with Crippen LogP contribution >= 0.6 is 11.8 Å². The van der Waals surface area contributed by atoms with Crippen LogP contribution in [0.25, 0.3) is 22.0 Å². The van der Waals surface area contributed by atoms with Gasteiger partial charge in [0.2, 0.25) is 0 Å². The van der Waals surface area contributed by atoms with Crippen LogP contribution in [0.4, 0.5) is 14.6 Å². The first-order valence-corrected chi connectivity index (χ1v) is 17.2. The molecular weight excluding hydrogens is 592 g/mol. The van der Waals surface area contributed by atoms with Gasteiger partial charge in [-0.15, -0.1) is 11.8 Å². The van der Waals surface area contributed by atoms with E-state index in [4.69, 9.17) is 4.98 Å². The highest BCUT2D eigenvalue weighted by Gasteiger charge is 2.38. The summed E-state index contributed by atoms with van der Waals surface area (Å²) in [6, 6.07) is 6.37. The van der Waals surface area contributed by atoms with Crippen LogP contribution in [0.1, 0.15) is 44.7 Å². The van der Waals surface area contributed by atoms with E-state index >= 15 is 4.39 Å². The van der Waals surface area contributed by atoms with Crippen LogP contribution in [0.5, 0.6) is 0 Å². The first-order valence-electron chi connectivity index (χ1n) is 16.2. The van der Waals surface area contributed by atoms with Gasteiger partial charge in [0.1, 0.15) is 17.5 Å². The number of hydrogen-bond donors (Lipinski definition) is 0. The number of aryl methyl sites for hydroxylation is 1. The summed E-state index contributed by atoms with van der Waals surface area (Å²) >= 11 is 1.66. The van der Waals surface area contributed by atoms with E-state index in [1.54, 1.807) is 11.8 Å². The lowest BCUT2D eigenvalue weighted by molar-refractivity contribution is -0.120. The summed E-state index contributed by atoms with van der Waals surface area (Å²) in [5.74, 6) is 0.0246. The minimum absolute atomic E-state index is 0.0202. The van der Waals surface area contributed by atoms with Crippen molar-refractivity contribution < 1.29 is 13.6 Å². The molecule has 0 amide bonds. The maximum atomic E-state index is 15.3. The molecule has 45 heavy (non-hydrogen) atoms. The summed E-state index contributed by atoms with van der Waals surface area (Å²) in [4.78, 5) is 39.6. The number of rotatable bonds is 7. The van der Waals surface area contributed by atoms with Gasteiger partial charge in [-0.1, -0.05) is 13.5 Å². The number of piperazine rings is 1. The summed E-state index contributed by atoms with van der Waals surface area (Å²) in [5, 5.41) is 0.858. The molecule has 10 heteroatoms. The summed E-state index contributed by atoms with van der Waals surface area (Å²) in [6.07, 6.45) is 4.67. The number of carbonyl (C=O) groups is 1.